The molecule has 88 valence electrons. The molecule has 4 unspecified atom stereocenters. The maximum atomic E-state index is 5.99. The fraction of sp³-hybridized carbons (Fsp3) is 1.00. The van der Waals surface area contributed by atoms with Crippen molar-refractivity contribution in [2.45, 2.75) is 63.3 Å². The van der Waals surface area contributed by atoms with Gasteiger partial charge in [-0.2, -0.15) is 0 Å². The number of nitrogens with zero attached hydrogens (tertiary/aromatic N) is 1. The molecule has 2 N–H and O–H groups in total. The lowest BCUT2D eigenvalue weighted by atomic mass is 9.96. The molecule has 4 atom stereocenters. The molecule has 2 rings (SSSR count). The van der Waals surface area contributed by atoms with Crippen molar-refractivity contribution in [3.8, 4) is 0 Å². The molecule has 0 spiro atoms. The van der Waals surface area contributed by atoms with Crippen LogP contribution >= 0.6 is 0 Å². The minimum Gasteiger partial charge on any atom is -0.381 e. The number of ether oxygens (including phenoxy) is 1. The molecular weight excluding hydrogens is 188 g/mol. The molecule has 1 heterocycles. The van der Waals surface area contributed by atoms with Crippen molar-refractivity contribution in [2.24, 2.45) is 5.73 Å². The summed E-state index contributed by atoms with van der Waals surface area (Å²) in [5.74, 6) is 0. The Morgan fingerprint density at radius 3 is 2.60 bits per heavy atom. The predicted octanol–water partition coefficient (Wildman–Crippen LogP) is 1.37. The van der Waals surface area contributed by atoms with E-state index in [0.29, 0.717) is 18.2 Å². The molecule has 1 saturated heterocycles. The topological polar surface area (TPSA) is 38.5 Å². The Balaban J connectivity index is 1.88. The summed E-state index contributed by atoms with van der Waals surface area (Å²) in [5, 5.41) is 0. The van der Waals surface area contributed by atoms with Crippen LogP contribution in [0.25, 0.3) is 0 Å². The molecule has 0 aromatic rings. The third-order valence-electron chi connectivity index (χ3n) is 4.13. The quantitative estimate of drug-likeness (QED) is 0.751. The molecule has 2 fully saturated rings. The molecule has 0 radical (unpaired) electrons. The van der Waals surface area contributed by atoms with E-state index in [0.717, 1.165) is 12.5 Å². The largest absolute Gasteiger partial charge is 0.381 e. The summed E-state index contributed by atoms with van der Waals surface area (Å²) in [7, 11) is 1.84. The van der Waals surface area contributed by atoms with E-state index in [1.807, 2.05) is 7.11 Å². The average Bonchev–Trinajstić information content (AvgIpc) is 2.66. The summed E-state index contributed by atoms with van der Waals surface area (Å²) in [6.45, 7) is 3.50. The van der Waals surface area contributed by atoms with E-state index in [2.05, 4.69) is 11.8 Å². The zero-order valence-corrected chi connectivity index (χ0v) is 9.98. The van der Waals surface area contributed by atoms with Crippen molar-refractivity contribution in [1.82, 2.24) is 4.90 Å². The highest BCUT2D eigenvalue weighted by atomic mass is 16.5. The highest BCUT2D eigenvalue weighted by Gasteiger charge is 2.34. The molecule has 15 heavy (non-hydrogen) atoms. The van der Waals surface area contributed by atoms with Crippen molar-refractivity contribution in [2.75, 3.05) is 13.7 Å². The van der Waals surface area contributed by atoms with Crippen LogP contribution in [0.15, 0.2) is 0 Å². The Labute approximate surface area is 93.0 Å². The van der Waals surface area contributed by atoms with Crippen LogP contribution in [-0.2, 0) is 4.74 Å². The molecule has 0 aromatic carbocycles. The fourth-order valence-corrected chi connectivity index (χ4v) is 3.20. The van der Waals surface area contributed by atoms with Gasteiger partial charge in [0.05, 0.1) is 6.10 Å². The number of piperidine rings is 1. The Kier molecular flexibility index (Phi) is 3.65. The van der Waals surface area contributed by atoms with Gasteiger partial charge in [-0.05, 0) is 39.0 Å². The second-order valence-electron chi connectivity index (χ2n) is 5.20. The van der Waals surface area contributed by atoms with E-state index >= 15 is 0 Å². The van der Waals surface area contributed by atoms with Crippen molar-refractivity contribution in [3.63, 3.8) is 0 Å². The summed E-state index contributed by atoms with van der Waals surface area (Å²) in [6, 6.07) is 1.84. The number of hydrogen-bond donors (Lipinski definition) is 1. The first-order valence-corrected chi connectivity index (χ1v) is 6.24. The van der Waals surface area contributed by atoms with Gasteiger partial charge < -0.3 is 10.5 Å². The Hall–Kier alpha value is -0.120. The lowest BCUT2D eigenvalue weighted by Crippen LogP contribution is -2.49. The highest BCUT2D eigenvalue weighted by molar-refractivity contribution is 4.90. The standard InChI is InChI=1S/C12H24N2O/c1-9-7-10(13)5-6-14(9)11-3-4-12(8-11)15-2/h9-12H,3-8,13H2,1-2H3. The van der Waals surface area contributed by atoms with Crippen LogP contribution in [0.1, 0.15) is 39.0 Å². The lowest BCUT2D eigenvalue weighted by Gasteiger charge is -2.40. The maximum Gasteiger partial charge on any atom is 0.0586 e. The summed E-state index contributed by atoms with van der Waals surface area (Å²) in [5.41, 5.74) is 5.99. The molecule has 1 aliphatic carbocycles. The number of likely N-dealkylation sites (tertiary alicyclic amines) is 1. The Morgan fingerprint density at radius 2 is 2.00 bits per heavy atom. The van der Waals surface area contributed by atoms with Gasteiger partial charge in [0.15, 0.2) is 0 Å². The van der Waals surface area contributed by atoms with Crippen molar-refractivity contribution in [1.29, 1.82) is 0 Å². The summed E-state index contributed by atoms with van der Waals surface area (Å²) in [4.78, 5) is 2.66. The number of nitrogens with two attached hydrogens (primary N) is 1. The molecule has 0 aromatic heterocycles. The van der Waals surface area contributed by atoms with Gasteiger partial charge in [0, 0.05) is 31.8 Å². The molecule has 1 saturated carbocycles. The van der Waals surface area contributed by atoms with Crippen LogP contribution in [0.3, 0.4) is 0 Å². The van der Waals surface area contributed by atoms with Gasteiger partial charge in [-0.3, -0.25) is 4.90 Å². The zero-order chi connectivity index (χ0) is 10.8. The van der Waals surface area contributed by atoms with Crippen LogP contribution in [0.2, 0.25) is 0 Å². The molecule has 2 aliphatic rings. The van der Waals surface area contributed by atoms with Crippen LogP contribution in [0.4, 0.5) is 0 Å². The number of methoxy groups -OCH3 is 1. The number of rotatable bonds is 2. The predicted molar refractivity (Wildman–Crippen MR) is 61.8 cm³/mol. The SMILES string of the molecule is COC1CCC(N2CCC(N)CC2C)C1. The molecule has 3 heteroatoms. The molecule has 0 bridgehead atoms. The van der Waals surface area contributed by atoms with Gasteiger partial charge in [-0.1, -0.05) is 0 Å². The second-order valence-corrected chi connectivity index (χ2v) is 5.20. The van der Waals surface area contributed by atoms with Crippen molar-refractivity contribution >= 4 is 0 Å². The normalized spacial score (nSPS) is 43.4. The van der Waals surface area contributed by atoms with Gasteiger partial charge in [0.1, 0.15) is 0 Å². The molecular formula is C12H24N2O. The van der Waals surface area contributed by atoms with Gasteiger partial charge in [-0.25, -0.2) is 0 Å². The van der Waals surface area contributed by atoms with Gasteiger partial charge in [0.2, 0.25) is 0 Å². The van der Waals surface area contributed by atoms with Crippen molar-refractivity contribution < 1.29 is 4.74 Å². The van der Waals surface area contributed by atoms with E-state index in [1.165, 1.54) is 32.2 Å². The summed E-state index contributed by atoms with van der Waals surface area (Å²) >= 11 is 0. The Morgan fingerprint density at radius 1 is 1.20 bits per heavy atom. The Bertz CT molecular complexity index is 210. The maximum absolute atomic E-state index is 5.99. The van der Waals surface area contributed by atoms with E-state index in [9.17, 15) is 0 Å². The monoisotopic (exact) mass is 212 g/mol. The lowest BCUT2D eigenvalue weighted by molar-refractivity contribution is 0.0713. The first-order chi connectivity index (χ1) is 7.20. The number of hydrogen-bond acceptors (Lipinski definition) is 3. The summed E-state index contributed by atoms with van der Waals surface area (Å²) in [6.07, 6.45) is 6.58. The highest BCUT2D eigenvalue weighted by Crippen LogP contribution is 2.30. The van der Waals surface area contributed by atoms with Crippen LogP contribution in [-0.4, -0.2) is 42.8 Å². The van der Waals surface area contributed by atoms with Crippen LogP contribution in [0.5, 0.6) is 0 Å². The fourth-order valence-electron chi connectivity index (χ4n) is 3.20. The van der Waals surface area contributed by atoms with E-state index < -0.39 is 0 Å². The van der Waals surface area contributed by atoms with Crippen LogP contribution < -0.4 is 5.73 Å². The van der Waals surface area contributed by atoms with Gasteiger partial charge >= 0.3 is 0 Å². The first-order valence-electron chi connectivity index (χ1n) is 6.24. The second kappa shape index (κ2) is 4.81. The van der Waals surface area contributed by atoms with Crippen LogP contribution in [0, 0.1) is 0 Å². The smallest absolute Gasteiger partial charge is 0.0586 e. The first kappa shape index (κ1) is 11.4. The molecule has 0 amide bonds. The molecule has 1 aliphatic heterocycles. The third-order valence-corrected chi connectivity index (χ3v) is 4.13. The zero-order valence-electron chi connectivity index (χ0n) is 9.98. The van der Waals surface area contributed by atoms with E-state index in [-0.39, 0.29) is 0 Å². The van der Waals surface area contributed by atoms with Gasteiger partial charge in [-0.15, -0.1) is 0 Å². The van der Waals surface area contributed by atoms with E-state index in [1.54, 1.807) is 0 Å². The minimum absolute atomic E-state index is 0.427. The van der Waals surface area contributed by atoms with Crippen molar-refractivity contribution in [3.05, 3.63) is 0 Å². The molecule has 3 nitrogen and oxygen atoms in total. The summed E-state index contributed by atoms with van der Waals surface area (Å²) < 4.78 is 5.44. The minimum atomic E-state index is 0.427. The average molecular weight is 212 g/mol. The third kappa shape index (κ3) is 2.52. The van der Waals surface area contributed by atoms with E-state index in [4.69, 9.17) is 10.5 Å². The van der Waals surface area contributed by atoms with Gasteiger partial charge in [0.25, 0.3) is 0 Å².